The highest BCUT2D eigenvalue weighted by Gasteiger charge is 2.42. The molecule has 1 unspecified atom stereocenters. The number of hydrogen-bond donors (Lipinski definition) is 2. The van der Waals surface area contributed by atoms with Gasteiger partial charge in [0.2, 0.25) is 5.56 Å². The van der Waals surface area contributed by atoms with Crippen molar-refractivity contribution < 1.29 is 28.9 Å². The van der Waals surface area contributed by atoms with Gasteiger partial charge in [-0.2, -0.15) is 0 Å². The molecule has 12 heteroatoms. The normalized spacial score (nSPS) is 22.1. The lowest BCUT2D eigenvalue weighted by molar-refractivity contribution is 0.0555. The molecule has 0 bridgehead atoms. The van der Waals surface area contributed by atoms with E-state index in [1.54, 1.807) is 0 Å². The molecule has 0 aromatic carbocycles. The number of rotatable bonds is 3. The number of pyridine rings is 1. The topological polar surface area (TPSA) is 131 Å². The molecule has 3 aliphatic rings. The molecule has 4 rings (SSSR count). The Hall–Kier alpha value is -2.44. The van der Waals surface area contributed by atoms with Gasteiger partial charge in [0.25, 0.3) is 0 Å². The molecule has 1 aromatic heterocycles. The first-order chi connectivity index (χ1) is 14.5. The number of aliphatic hydroxyl groups is 1. The summed E-state index contributed by atoms with van der Waals surface area (Å²) in [4.78, 5) is 35.0. The SMILES string of the molecule is COc1cnc(N2CCOCC2)c2c1N(C(N)=O)C(OC(=O)N1CCC(O)CC1)S2. The lowest BCUT2D eigenvalue weighted by Crippen LogP contribution is -2.46. The zero-order valence-corrected chi connectivity index (χ0v) is 17.5. The first-order valence-corrected chi connectivity index (χ1v) is 10.7. The van der Waals surface area contributed by atoms with Crippen LogP contribution in [0.1, 0.15) is 12.8 Å². The van der Waals surface area contributed by atoms with E-state index in [9.17, 15) is 14.7 Å². The highest BCUT2D eigenvalue weighted by molar-refractivity contribution is 8.00. The maximum absolute atomic E-state index is 12.7. The number of methoxy groups -OCH3 is 1. The van der Waals surface area contributed by atoms with Crippen molar-refractivity contribution >= 4 is 35.4 Å². The van der Waals surface area contributed by atoms with Crippen molar-refractivity contribution in [3.8, 4) is 5.75 Å². The molecule has 0 saturated carbocycles. The van der Waals surface area contributed by atoms with Crippen LogP contribution in [-0.4, -0.2) is 85.3 Å². The van der Waals surface area contributed by atoms with Crippen LogP contribution >= 0.6 is 11.8 Å². The van der Waals surface area contributed by atoms with Crippen LogP contribution < -0.4 is 20.3 Å². The number of carbonyl (C=O) groups excluding carboxylic acids is 2. The molecule has 0 radical (unpaired) electrons. The standard InChI is InChI=1S/C18H25N5O6S/c1-27-12-10-20-15(21-6-8-28-9-7-21)14-13(12)23(16(19)25)18(30-14)29-17(26)22-4-2-11(24)3-5-22/h10-11,18,24H,2-9H2,1H3,(H2,19,25). The summed E-state index contributed by atoms with van der Waals surface area (Å²) in [6.07, 6.45) is 1.55. The van der Waals surface area contributed by atoms with Crippen molar-refractivity contribution in [2.24, 2.45) is 5.73 Å². The van der Waals surface area contributed by atoms with Crippen molar-refractivity contribution in [1.29, 1.82) is 0 Å². The fourth-order valence-electron chi connectivity index (χ4n) is 3.70. The van der Waals surface area contributed by atoms with Gasteiger partial charge in [0.15, 0.2) is 5.75 Å². The summed E-state index contributed by atoms with van der Waals surface area (Å²) in [6.45, 7) is 3.25. The highest BCUT2D eigenvalue weighted by atomic mass is 32.2. The minimum atomic E-state index is -0.977. The number of anilines is 2. The molecule has 1 aromatic rings. The van der Waals surface area contributed by atoms with Crippen LogP contribution in [0.3, 0.4) is 0 Å². The summed E-state index contributed by atoms with van der Waals surface area (Å²) in [5, 5.41) is 9.65. The van der Waals surface area contributed by atoms with E-state index in [0.717, 1.165) is 0 Å². The predicted molar refractivity (Wildman–Crippen MR) is 109 cm³/mol. The zero-order chi connectivity index (χ0) is 21.3. The van der Waals surface area contributed by atoms with Gasteiger partial charge in [-0.05, 0) is 12.8 Å². The van der Waals surface area contributed by atoms with Crippen molar-refractivity contribution in [3.63, 3.8) is 0 Å². The molecule has 3 aliphatic heterocycles. The van der Waals surface area contributed by atoms with Gasteiger partial charge in [-0.25, -0.2) is 19.5 Å². The summed E-state index contributed by atoms with van der Waals surface area (Å²) < 4.78 is 16.5. The number of morpholine rings is 1. The van der Waals surface area contributed by atoms with Crippen LogP contribution in [0, 0.1) is 0 Å². The number of fused-ring (bicyclic) bond motifs is 1. The summed E-state index contributed by atoms with van der Waals surface area (Å²) in [6, 6.07) is -0.759. The van der Waals surface area contributed by atoms with Crippen LogP contribution in [0.5, 0.6) is 5.75 Å². The van der Waals surface area contributed by atoms with Crippen molar-refractivity contribution in [1.82, 2.24) is 9.88 Å². The molecule has 30 heavy (non-hydrogen) atoms. The number of aliphatic hydroxyl groups excluding tert-OH is 1. The van der Waals surface area contributed by atoms with E-state index in [2.05, 4.69) is 9.88 Å². The van der Waals surface area contributed by atoms with E-state index in [1.165, 1.54) is 34.9 Å². The molecule has 4 heterocycles. The van der Waals surface area contributed by atoms with Gasteiger partial charge >= 0.3 is 12.1 Å². The van der Waals surface area contributed by atoms with Crippen LogP contribution in [0.4, 0.5) is 21.1 Å². The summed E-state index contributed by atoms with van der Waals surface area (Å²) in [7, 11) is 1.48. The Morgan fingerprint density at radius 1 is 1.27 bits per heavy atom. The minimum absolute atomic E-state index is 0.368. The predicted octanol–water partition coefficient (Wildman–Crippen LogP) is 0.795. The molecule has 164 valence electrons. The summed E-state index contributed by atoms with van der Waals surface area (Å²) in [5.74, 6) is 1.04. The number of aromatic nitrogens is 1. The second-order valence-corrected chi connectivity index (χ2v) is 8.21. The zero-order valence-electron chi connectivity index (χ0n) is 16.7. The van der Waals surface area contributed by atoms with Gasteiger partial charge in [0.05, 0.1) is 37.5 Å². The van der Waals surface area contributed by atoms with E-state index in [-0.39, 0.29) is 0 Å². The number of hydrogen-bond acceptors (Lipinski definition) is 9. The van der Waals surface area contributed by atoms with Crippen molar-refractivity contribution in [2.45, 2.75) is 29.4 Å². The number of nitrogens with zero attached hydrogens (tertiary/aromatic N) is 4. The lowest BCUT2D eigenvalue weighted by atomic mass is 10.1. The fourth-order valence-corrected chi connectivity index (χ4v) is 4.95. The maximum atomic E-state index is 12.7. The van der Waals surface area contributed by atoms with E-state index < -0.39 is 23.8 Å². The smallest absolute Gasteiger partial charge is 0.412 e. The van der Waals surface area contributed by atoms with Gasteiger partial charge in [0, 0.05) is 26.2 Å². The third-order valence-corrected chi connectivity index (χ3v) is 6.44. The van der Waals surface area contributed by atoms with Crippen LogP contribution in [0.25, 0.3) is 0 Å². The number of urea groups is 1. The van der Waals surface area contributed by atoms with Gasteiger partial charge < -0.3 is 34.9 Å². The van der Waals surface area contributed by atoms with E-state index >= 15 is 0 Å². The Morgan fingerprint density at radius 3 is 2.60 bits per heavy atom. The van der Waals surface area contributed by atoms with E-state index in [4.69, 9.17) is 19.9 Å². The Morgan fingerprint density at radius 2 is 1.97 bits per heavy atom. The first-order valence-electron chi connectivity index (χ1n) is 9.78. The van der Waals surface area contributed by atoms with Crippen molar-refractivity contribution in [3.05, 3.63) is 6.20 Å². The van der Waals surface area contributed by atoms with Gasteiger partial charge in [-0.1, -0.05) is 11.8 Å². The Balaban J connectivity index is 1.61. The fraction of sp³-hybridized carbons (Fsp3) is 0.611. The molecule has 11 nitrogen and oxygen atoms in total. The Labute approximate surface area is 178 Å². The van der Waals surface area contributed by atoms with Gasteiger partial charge in [-0.15, -0.1) is 0 Å². The molecular weight excluding hydrogens is 414 g/mol. The van der Waals surface area contributed by atoms with E-state index in [1.807, 2.05) is 0 Å². The highest BCUT2D eigenvalue weighted by Crippen LogP contribution is 2.52. The molecule has 0 aliphatic carbocycles. The number of carbonyl (C=O) groups is 2. The second-order valence-electron chi connectivity index (χ2n) is 7.16. The molecule has 3 amide bonds. The third kappa shape index (κ3) is 3.94. The Kier molecular flexibility index (Phi) is 6.06. The number of primary amides is 1. The van der Waals surface area contributed by atoms with Crippen molar-refractivity contribution in [2.75, 3.05) is 56.3 Å². The molecular formula is C18H25N5O6S. The quantitative estimate of drug-likeness (QED) is 0.702. The number of likely N-dealkylation sites (tertiary alicyclic amines) is 1. The lowest BCUT2D eigenvalue weighted by Gasteiger charge is -2.31. The molecule has 0 spiro atoms. The number of ether oxygens (including phenoxy) is 3. The number of amides is 3. The Bertz CT molecular complexity index is 813. The number of nitrogens with two attached hydrogens (primary N) is 1. The average molecular weight is 439 g/mol. The second kappa shape index (κ2) is 8.74. The van der Waals surface area contributed by atoms with Gasteiger partial charge in [0.1, 0.15) is 11.5 Å². The number of piperidine rings is 1. The monoisotopic (exact) mass is 439 g/mol. The van der Waals surface area contributed by atoms with Crippen LogP contribution in [0.2, 0.25) is 0 Å². The van der Waals surface area contributed by atoms with Gasteiger partial charge in [-0.3, -0.25) is 0 Å². The maximum Gasteiger partial charge on any atom is 0.412 e. The molecule has 3 N–H and O–H groups in total. The largest absolute Gasteiger partial charge is 0.493 e. The average Bonchev–Trinajstić information content (AvgIpc) is 3.13. The first kappa shape index (κ1) is 20.8. The van der Waals surface area contributed by atoms with E-state index in [0.29, 0.717) is 74.4 Å². The minimum Gasteiger partial charge on any atom is -0.493 e. The molecule has 2 fully saturated rings. The summed E-state index contributed by atoms with van der Waals surface area (Å²) in [5.41, 5.74) is 5.12. The molecule has 2 saturated heterocycles. The summed E-state index contributed by atoms with van der Waals surface area (Å²) >= 11 is 1.20. The van der Waals surface area contributed by atoms with Crippen LogP contribution in [-0.2, 0) is 9.47 Å². The molecule has 1 atom stereocenters. The van der Waals surface area contributed by atoms with Crippen LogP contribution in [0.15, 0.2) is 11.1 Å². The number of thioether (sulfide) groups is 1. The third-order valence-electron chi connectivity index (χ3n) is 5.32.